The molecule has 1 aromatic carbocycles. The molecule has 0 spiro atoms. The second-order valence-corrected chi connectivity index (χ2v) is 3.11. The van der Waals surface area contributed by atoms with Gasteiger partial charge in [-0.2, -0.15) is 0 Å². The molecule has 0 saturated heterocycles. The summed E-state index contributed by atoms with van der Waals surface area (Å²) in [7, 11) is 1.58. The number of carbonyl (C=O) groups excluding carboxylic acids is 1. The third-order valence-corrected chi connectivity index (χ3v) is 1.96. The van der Waals surface area contributed by atoms with Gasteiger partial charge in [-0.05, 0) is 17.7 Å². The van der Waals surface area contributed by atoms with Crippen LogP contribution in [0.15, 0.2) is 24.3 Å². The van der Waals surface area contributed by atoms with Crippen LogP contribution in [0.4, 0.5) is 0 Å². The molecular formula is C11H15NO3. The number of ether oxygens (including phenoxy) is 1. The van der Waals surface area contributed by atoms with E-state index in [1.165, 1.54) is 0 Å². The van der Waals surface area contributed by atoms with Gasteiger partial charge in [0.2, 0.25) is 0 Å². The first-order valence-electron chi connectivity index (χ1n) is 4.75. The lowest BCUT2D eigenvalue weighted by Gasteiger charge is -2.05. The third-order valence-electron chi connectivity index (χ3n) is 1.96. The van der Waals surface area contributed by atoms with E-state index in [2.05, 4.69) is 5.32 Å². The van der Waals surface area contributed by atoms with Crippen molar-refractivity contribution in [2.45, 2.75) is 6.61 Å². The standard InChI is InChI=1S/C11H15NO3/c1-15-6-5-12-11(14)10-4-2-3-9(7-10)8-13/h2-4,7,13H,5-6,8H2,1H3,(H,12,14). The fraction of sp³-hybridized carbons (Fsp3) is 0.364. The Morgan fingerprint density at radius 1 is 1.53 bits per heavy atom. The summed E-state index contributed by atoms with van der Waals surface area (Å²) in [6.45, 7) is 0.920. The summed E-state index contributed by atoms with van der Waals surface area (Å²) in [5, 5.41) is 11.6. The fourth-order valence-corrected chi connectivity index (χ4v) is 1.18. The zero-order valence-electron chi connectivity index (χ0n) is 8.69. The molecule has 0 bridgehead atoms. The summed E-state index contributed by atoms with van der Waals surface area (Å²) < 4.78 is 4.82. The molecule has 2 N–H and O–H groups in total. The van der Waals surface area contributed by atoms with E-state index in [1.54, 1.807) is 31.4 Å². The zero-order chi connectivity index (χ0) is 11.1. The minimum Gasteiger partial charge on any atom is -0.392 e. The Kier molecular flexibility index (Phi) is 4.80. The molecule has 0 heterocycles. The van der Waals surface area contributed by atoms with Gasteiger partial charge < -0.3 is 15.2 Å². The molecule has 1 rings (SSSR count). The lowest BCUT2D eigenvalue weighted by molar-refractivity contribution is 0.0937. The topological polar surface area (TPSA) is 58.6 Å². The predicted octanol–water partition coefficient (Wildman–Crippen LogP) is 0.555. The summed E-state index contributed by atoms with van der Waals surface area (Å²) in [6, 6.07) is 6.89. The quantitative estimate of drug-likeness (QED) is 0.696. The first-order chi connectivity index (χ1) is 7.27. The minimum absolute atomic E-state index is 0.0564. The molecular weight excluding hydrogens is 194 g/mol. The van der Waals surface area contributed by atoms with Crippen LogP contribution in [0.3, 0.4) is 0 Å². The van der Waals surface area contributed by atoms with Crippen molar-refractivity contribution >= 4 is 5.91 Å². The van der Waals surface area contributed by atoms with Crippen LogP contribution in [0.25, 0.3) is 0 Å². The van der Waals surface area contributed by atoms with Gasteiger partial charge in [-0.1, -0.05) is 12.1 Å². The number of aliphatic hydroxyl groups excluding tert-OH is 1. The summed E-state index contributed by atoms with van der Waals surface area (Å²) in [5.74, 6) is -0.151. The van der Waals surface area contributed by atoms with E-state index in [4.69, 9.17) is 9.84 Å². The monoisotopic (exact) mass is 209 g/mol. The molecule has 1 amide bonds. The number of carbonyl (C=O) groups is 1. The van der Waals surface area contributed by atoms with E-state index in [1.807, 2.05) is 0 Å². The van der Waals surface area contributed by atoms with Gasteiger partial charge in [-0.3, -0.25) is 4.79 Å². The van der Waals surface area contributed by atoms with E-state index in [-0.39, 0.29) is 12.5 Å². The summed E-state index contributed by atoms with van der Waals surface area (Å²) in [4.78, 5) is 11.5. The zero-order valence-corrected chi connectivity index (χ0v) is 8.69. The molecule has 0 aliphatic heterocycles. The average Bonchev–Trinajstić information content (AvgIpc) is 2.29. The fourth-order valence-electron chi connectivity index (χ4n) is 1.18. The molecule has 15 heavy (non-hydrogen) atoms. The largest absolute Gasteiger partial charge is 0.392 e. The Morgan fingerprint density at radius 3 is 3.00 bits per heavy atom. The van der Waals surface area contributed by atoms with Gasteiger partial charge in [-0.25, -0.2) is 0 Å². The number of hydrogen-bond donors (Lipinski definition) is 2. The predicted molar refractivity (Wildman–Crippen MR) is 56.6 cm³/mol. The molecule has 1 aromatic rings. The first kappa shape index (κ1) is 11.7. The van der Waals surface area contributed by atoms with Crippen LogP contribution in [-0.4, -0.2) is 31.3 Å². The van der Waals surface area contributed by atoms with E-state index in [0.717, 1.165) is 5.56 Å². The van der Waals surface area contributed by atoms with Crippen LogP contribution < -0.4 is 5.32 Å². The molecule has 0 fully saturated rings. The van der Waals surface area contributed by atoms with Crippen molar-refractivity contribution < 1.29 is 14.6 Å². The molecule has 4 heteroatoms. The minimum atomic E-state index is -0.151. The normalized spacial score (nSPS) is 10.0. The number of methoxy groups -OCH3 is 1. The van der Waals surface area contributed by atoms with Gasteiger partial charge in [0.05, 0.1) is 13.2 Å². The lowest BCUT2D eigenvalue weighted by Crippen LogP contribution is -2.26. The van der Waals surface area contributed by atoms with Crippen molar-refractivity contribution in [3.63, 3.8) is 0 Å². The Bertz CT molecular complexity index is 325. The van der Waals surface area contributed by atoms with Gasteiger partial charge >= 0.3 is 0 Å². The van der Waals surface area contributed by atoms with Crippen molar-refractivity contribution in [1.82, 2.24) is 5.32 Å². The second-order valence-electron chi connectivity index (χ2n) is 3.11. The molecule has 82 valence electrons. The Morgan fingerprint density at radius 2 is 2.33 bits per heavy atom. The maximum atomic E-state index is 11.5. The maximum Gasteiger partial charge on any atom is 0.251 e. The highest BCUT2D eigenvalue weighted by molar-refractivity contribution is 5.94. The van der Waals surface area contributed by atoms with Crippen LogP contribution in [0.2, 0.25) is 0 Å². The summed E-state index contributed by atoms with van der Waals surface area (Å²) in [5.41, 5.74) is 1.28. The summed E-state index contributed by atoms with van der Waals surface area (Å²) >= 11 is 0. The maximum absolute atomic E-state index is 11.5. The van der Waals surface area contributed by atoms with Crippen LogP contribution in [0.1, 0.15) is 15.9 Å². The molecule has 0 aliphatic carbocycles. The molecule has 0 aliphatic rings. The van der Waals surface area contributed by atoms with Crippen LogP contribution in [-0.2, 0) is 11.3 Å². The number of amides is 1. The molecule has 0 radical (unpaired) electrons. The van der Waals surface area contributed by atoms with Gasteiger partial charge in [0.25, 0.3) is 5.91 Å². The molecule has 0 aromatic heterocycles. The lowest BCUT2D eigenvalue weighted by atomic mass is 10.1. The second kappa shape index (κ2) is 6.16. The smallest absolute Gasteiger partial charge is 0.251 e. The highest BCUT2D eigenvalue weighted by Gasteiger charge is 2.04. The van der Waals surface area contributed by atoms with Crippen molar-refractivity contribution in [2.75, 3.05) is 20.3 Å². The van der Waals surface area contributed by atoms with Gasteiger partial charge in [-0.15, -0.1) is 0 Å². The van der Waals surface area contributed by atoms with Gasteiger partial charge in [0, 0.05) is 19.2 Å². The average molecular weight is 209 g/mol. The van der Waals surface area contributed by atoms with Crippen LogP contribution >= 0.6 is 0 Å². The Labute approximate surface area is 88.9 Å². The van der Waals surface area contributed by atoms with E-state index in [9.17, 15) is 4.79 Å². The van der Waals surface area contributed by atoms with Crippen molar-refractivity contribution in [3.05, 3.63) is 35.4 Å². The number of benzene rings is 1. The first-order valence-corrected chi connectivity index (χ1v) is 4.75. The molecule has 0 saturated carbocycles. The number of aliphatic hydroxyl groups is 1. The van der Waals surface area contributed by atoms with E-state index < -0.39 is 0 Å². The van der Waals surface area contributed by atoms with Crippen molar-refractivity contribution in [3.8, 4) is 0 Å². The van der Waals surface area contributed by atoms with Gasteiger partial charge in [0.15, 0.2) is 0 Å². The van der Waals surface area contributed by atoms with Crippen LogP contribution in [0, 0.1) is 0 Å². The number of hydrogen-bond acceptors (Lipinski definition) is 3. The highest BCUT2D eigenvalue weighted by Crippen LogP contribution is 2.04. The molecule has 4 nitrogen and oxygen atoms in total. The SMILES string of the molecule is COCCNC(=O)c1cccc(CO)c1. The molecule has 0 atom stereocenters. The Hall–Kier alpha value is -1.39. The Balaban J connectivity index is 2.57. The third kappa shape index (κ3) is 3.69. The van der Waals surface area contributed by atoms with Crippen LogP contribution in [0.5, 0.6) is 0 Å². The van der Waals surface area contributed by atoms with Crippen molar-refractivity contribution in [1.29, 1.82) is 0 Å². The molecule has 0 unspecified atom stereocenters. The number of rotatable bonds is 5. The van der Waals surface area contributed by atoms with E-state index in [0.29, 0.717) is 18.7 Å². The highest BCUT2D eigenvalue weighted by atomic mass is 16.5. The summed E-state index contributed by atoms with van der Waals surface area (Å²) in [6.07, 6.45) is 0. The van der Waals surface area contributed by atoms with Crippen molar-refractivity contribution in [2.24, 2.45) is 0 Å². The van der Waals surface area contributed by atoms with Gasteiger partial charge in [0.1, 0.15) is 0 Å². The number of nitrogens with one attached hydrogen (secondary N) is 1. The van der Waals surface area contributed by atoms with E-state index >= 15 is 0 Å².